The first-order valence-corrected chi connectivity index (χ1v) is 8.47. The summed E-state index contributed by atoms with van der Waals surface area (Å²) in [6.45, 7) is 0.943. The van der Waals surface area contributed by atoms with E-state index in [1.165, 1.54) is 12.1 Å². The van der Waals surface area contributed by atoms with Gasteiger partial charge < -0.3 is 10.4 Å². The molecule has 1 aromatic carbocycles. The molecular formula is C18H23FN4O2. The maximum Gasteiger partial charge on any atom is 0.239 e. The van der Waals surface area contributed by atoms with Crippen LogP contribution in [0.2, 0.25) is 0 Å². The predicted octanol–water partition coefficient (Wildman–Crippen LogP) is 1.57. The number of benzene rings is 1. The minimum Gasteiger partial charge on any atom is -0.391 e. The maximum absolute atomic E-state index is 13.1. The Hall–Kier alpha value is -2.25. The summed E-state index contributed by atoms with van der Waals surface area (Å²) in [4.78, 5) is 14.3. The number of carbonyl (C=O) groups excluding carboxylic acids is 1. The van der Waals surface area contributed by atoms with Crippen molar-refractivity contribution in [2.24, 2.45) is 7.05 Å². The van der Waals surface area contributed by atoms with Crippen LogP contribution in [0.1, 0.15) is 18.4 Å². The summed E-state index contributed by atoms with van der Waals surface area (Å²) >= 11 is 0. The Balaban J connectivity index is 1.64. The molecule has 7 heteroatoms. The van der Waals surface area contributed by atoms with E-state index in [4.69, 9.17) is 0 Å². The van der Waals surface area contributed by atoms with Crippen molar-refractivity contribution in [2.45, 2.75) is 31.4 Å². The fourth-order valence-electron chi connectivity index (χ4n) is 3.28. The van der Waals surface area contributed by atoms with Crippen LogP contribution in [-0.2, 0) is 18.3 Å². The second-order valence-electron chi connectivity index (χ2n) is 6.50. The molecule has 1 aliphatic rings. The Labute approximate surface area is 146 Å². The van der Waals surface area contributed by atoms with Crippen LogP contribution >= 0.6 is 0 Å². The number of aliphatic hydroxyl groups excluding tert-OH is 1. The zero-order chi connectivity index (χ0) is 17.8. The molecule has 134 valence electrons. The molecule has 3 rings (SSSR count). The van der Waals surface area contributed by atoms with Gasteiger partial charge >= 0.3 is 0 Å². The molecule has 2 N–H and O–H groups in total. The molecule has 2 heterocycles. The van der Waals surface area contributed by atoms with Crippen molar-refractivity contribution in [3.05, 3.63) is 47.9 Å². The summed E-state index contributed by atoms with van der Waals surface area (Å²) in [5, 5.41) is 17.3. The quantitative estimate of drug-likeness (QED) is 0.862. The van der Waals surface area contributed by atoms with Gasteiger partial charge in [-0.3, -0.25) is 14.4 Å². The molecule has 25 heavy (non-hydrogen) atoms. The van der Waals surface area contributed by atoms with Gasteiger partial charge in [0.1, 0.15) is 5.82 Å². The molecule has 0 unspecified atom stereocenters. The van der Waals surface area contributed by atoms with E-state index in [0.29, 0.717) is 18.7 Å². The fourth-order valence-corrected chi connectivity index (χ4v) is 3.28. The van der Waals surface area contributed by atoms with Gasteiger partial charge in [0.05, 0.1) is 12.6 Å². The van der Waals surface area contributed by atoms with Gasteiger partial charge in [-0.15, -0.1) is 0 Å². The molecule has 1 amide bonds. The van der Waals surface area contributed by atoms with Crippen molar-refractivity contribution in [1.29, 1.82) is 0 Å². The van der Waals surface area contributed by atoms with Crippen LogP contribution in [0.5, 0.6) is 0 Å². The molecule has 2 atom stereocenters. The van der Waals surface area contributed by atoms with Gasteiger partial charge in [-0.2, -0.15) is 5.10 Å². The Morgan fingerprint density at radius 1 is 1.36 bits per heavy atom. The van der Waals surface area contributed by atoms with Crippen LogP contribution in [-0.4, -0.2) is 50.9 Å². The Morgan fingerprint density at radius 2 is 2.12 bits per heavy atom. The number of nitrogens with zero attached hydrogens (tertiary/aromatic N) is 3. The second-order valence-corrected chi connectivity index (χ2v) is 6.50. The third-order valence-electron chi connectivity index (χ3n) is 4.54. The lowest BCUT2D eigenvalue weighted by Gasteiger charge is -2.38. The molecule has 1 fully saturated rings. The highest BCUT2D eigenvalue weighted by Gasteiger charge is 2.31. The van der Waals surface area contributed by atoms with Gasteiger partial charge in [0.2, 0.25) is 5.91 Å². The van der Waals surface area contributed by atoms with Crippen LogP contribution in [0.15, 0.2) is 36.5 Å². The van der Waals surface area contributed by atoms with Crippen LogP contribution in [0, 0.1) is 5.82 Å². The normalized spacial score (nSPS) is 21.2. The summed E-state index contributed by atoms with van der Waals surface area (Å²) in [6.07, 6.45) is 3.40. The van der Waals surface area contributed by atoms with Crippen LogP contribution in [0.3, 0.4) is 0 Å². The first kappa shape index (κ1) is 17.6. The van der Waals surface area contributed by atoms with Crippen LogP contribution in [0.4, 0.5) is 10.2 Å². The second kappa shape index (κ2) is 7.76. The van der Waals surface area contributed by atoms with E-state index in [2.05, 4.69) is 10.4 Å². The predicted molar refractivity (Wildman–Crippen MR) is 92.5 cm³/mol. The Kier molecular flexibility index (Phi) is 5.45. The molecule has 1 saturated heterocycles. The average molecular weight is 346 g/mol. The first-order chi connectivity index (χ1) is 12.0. The van der Waals surface area contributed by atoms with Crippen molar-refractivity contribution < 1.29 is 14.3 Å². The zero-order valence-corrected chi connectivity index (χ0v) is 14.2. The van der Waals surface area contributed by atoms with Crippen LogP contribution in [0.25, 0.3) is 0 Å². The highest BCUT2D eigenvalue weighted by atomic mass is 19.1. The van der Waals surface area contributed by atoms with Crippen molar-refractivity contribution in [3.8, 4) is 0 Å². The van der Waals surface area contributed by atoms with E-state index in [-0.39, 0.29) is 24.3 Å². The summed E-state index contributed by atoms with van der Waals surface area (Å²) < 4.78 is 14.7. The highest BCUT2D eigenvalue weighted by Crippen LogP contribution is 2.21. The smallest absolute Gasteiger partial charge is 0.239 e. The van der Waals surface area contributed by atoms with Crippen molar-refractivity contribution in [2.75, 3.05) is 18.4 Å². The Bertz CT molecular complexity index is 716. The van der Waals surface area contributed by atoms with Crippen molar-refractivity contribution in [3.63, 3.8) is 0 Å². The lowest BCUT2D eigenvalue weighted by Crippen LogP contribution is -2.51. The van der Waals surface area contributed by atoms with Gasteiger partial charge in [0.25, 0.3) is 0 Å². The number of likely N-dealkylation sites (tertiary alicyclic amines) is 1. The molecule has 6 nitrogen and oxygen atoms in total. The van der Waals surface area contributed by atoms with Gasteiger partial charge in [0, 0.05) is 25.4 Å². The van der Waals surface area contributed by atoms with Gasteiger partial charge in [-0.25, -0.2) is 4.39 Å². The minimum atomic E-state index is -0.499. The molecule has 0 aliphatic carbocycles. The van der Waals surface area contributed by atoms with E-state index in [1.54, 1.807) is 36.1 Å². The summed E-state index contributed by atoms with van der Waals surface area (Å²) in [5.74, 6) is 0.0802. The zero-order valence-electron chi connectivity index (χ0n) is 14.2. The van der Waals surface area contributed by atoms with Crippen molar-refractivity contribution >= 4 is 11.7 Å². The summed E-state index contributed by atoms with van der Waals surface area (Å²) in [6, 6.07) is 7.87. The number of anilines is 1. The van der Waals surface area contributed by atoms with Gasteiger partial charge in [-0.1, -0.05) is 12.1 Å². The first-order valence-electron chi connectivity index (χ1n) is 8.47. The number of hydrogen-bond donors (Lipinski definition) is 2. The van der Waals surface area contributed by atoms with E-state index in [0.717, 1.165) is 18.5 Å². The molecule has 2 aromatic rings. The monoisotopic (exact) mass is 346 g/mol. The largest absolute Gasteiger partial charge is 0.391 e. The van der Waals surface area contributed by atoms with E-state index >= 15 is 0 Å². The maximum atomic E-state index is 13.1. The minimum absolute atomic E-state index is 0.156. The SMILES string of the molecule is Cn1ccc(NC(=O)CN2CCC[C@H](O)[C@@H]2Cc2ccc(F)cc2)n1. The number of hydrogen-bond acceptors (Lipinski definition) is 4. The number of aliphatic hydroxyl groups is 1. The number of halogens is 1. The number of carbonyl (C=O) groups is 1. The Morgan fingerprint density at radius 3 is 2.80 bits per heavy atom. The molecule has 0 spiro atoms. The topological polar surface area (TPSA) is 70.4 Å². The van der Waals surface area contributed by atoms with E-state index in [1.807, 2.05) is 4.90 Å². The van der Waals surface area contributed by atoms with Gasteiger partial charge in [-0.05, 0) is 43.5 Å². The number of aryl methyl sites for hydroxylation is 1. The number of amides is 1. The molecule has 1 aliphatic heterocycles. The molecular weight excluding hydrogens is 323 g/mol. The number of aromatic nitrogens is 2. The highest BCUT2D eigenvalue weighted by molar-refractivity contribution is 5.91. The summed E-state index contributed by atoms with van der Waals surface area (Å²) in [5.41, 5.74) is 0.947. The molecule has 0 bridgehead atoms. The van der Waals surface area contributed by atoms with Crippen LogP contribution < -0.4 is 5.32 Å². The molecule has 0 saturated carbocycles. The van der Waals surface area contributed by atoms with Crippen molar-refractivity contribution in [1.82, 2.24) is 14.7 Å². The lowest BCUT2D eigenvalue weighted by atomic mass is 9.93. The number of rotatable bonds is 5. The lowest BCUT2D eigenvalue weighted by molar-refractivity contribution is -0.119. The number of nitrogens with one attached hydrogen (secondary N) is 1. The van der Waals surface area contributed by atoms with E-state index in [9.17, 15) is 14.3 Å². The average Bonchev–Trinajstić information content (AvgIpc) is 2.97. The number of piperidine rings is 1. The molecule has 1 aromatic heterocycles. The fraction of sp³-hybridized carbons (Fsp3) is 0.444. The third kappa shape index (κ3) is 4.64. The summed E-state index contributed by atoms with van der Waals surface area (Å²) in [7, 11) is 1.79. The molecule has 0 radical (unpaired) electrons. The van der Waals surface area contributed by atoms with Gasteiger partial charge in [0.15, 0.2) is 5.82 Å². The standard InChI is InChI=1S/C18H23FN4O2/c1-22-10-8-17(21-22)20-18(25)12-23-9-2-3-16(24)15(23)11-13-4-6-14(19)7-5-13/h4-8,10,15-16,24H,2-3,9,11-12H2,1H3,(H,20,21,25)/t15-,16-/m0/s1. The third-order valence-corrected chi connectivity index (χ3v) is 4.54. The van der Waals surface area contributed by atoms with E-state index < -0.39 is 6.10 Å².